The van der Waals surface area contributed by atoms with Gasteiger partial charge in [-0.05, 0) is 109 Å². The van der Waals surface area contributed by atoms with Crippen molar-refractivity contribution in [3.8, 4) is 5.75 Å². The summed E-state index contributed by atoms with van der Waals surface area (Å²) < 4.78 is 20.0. The Hall–Kier alpha value is -3.85. The van der Waals surface area contributed by atoms with E-state index in [1.165, 1.54) is 6.42 Å². The number of hydrogen-bond acceptors (Lipinski definition) is 9. The molecule has 2 aromatic heterocycles. The molecule has 0 amide bonds. The van der Waals surface area contributed by atoms with Gasteiger partial charge in [0.1, 0.15) is 24.2 Å². The second-order valence-corrected chi connectivity index (χ2v) is 20.0. The molecule has 51 heavy (non-hydrogen) atoms. The molecule has 4 aliphatic rings. The van der Waals surface area contributed by atoms with Gasteiger partial charge in [0.15, 0.2) is 0 Å². The summed E-state index contributed by atoms with van der Waals surface area (Å²) in [5.74, 6) is 2.57. The predicted octanol–water partition coefficient (Wildman–Crippen LogP) is 8.58. The maximum Gasteiger partial charge on any atom is 0.275 e. The number of hydrogen-bond donors (Lipinski definition) is 2. The molecule has 3 unspecified atom stereocenters. The first-order valence-corrected chi connectivity index (χ1v) is 21.0. The number of halogens is 1. The Morgan fingerprint density at radius 2 is 1.76 bits per heavy atom. The number of aromatic nitrogens is 4. The SMILES string of the molecule is COc1cc(N2CCC(C3(C)C(=[N+]=[N-])CC4(C)CC3C4(C)C)CC2)c(C)cc1Nc1ncc(Br)c(Nc2ccc3nccnc3c2P(C)(C)=O)n1. The molecule has 2 N–H and O–H groups in total. The van der Waals surface area contributed by atoms with Gasteiger partial charge in [0.05, 0.1) is 45.6 Å². The minimum atomic E-state index is -2.76. The number of aryl methyl sites for hydroxylation is 1. The van der Waals surface area contributed by atoms with Crippen LogP contribution in [0.15, 0.2) is 47.3 Å². The minimum Gasteiger partial charge on any atom is -0.494 e. The average Bonchev–Trinajstić information content (AvgIpc) is 3.10. The zero-order valence-electron chi connectivity index (χ0n) is 30.7. The summed E-state index contributed by atoms with van der Waals surface area (Å²) in [7, 11) is -1.08. The summed E-state index contributed by atoms with van der Waals surface area (Å²) in [6, 6.07) is 7.90. The van der Waals surface area contributed by atoms with Crippen molar-refractivity contribution in [3.63, 3.8) is 0 Å². The highest BCUT2D eigenvalue weighted by molar-refractivity contribution is 9.10. The van der Waals surface area contributed by atoms with Crippen LogP contribution in [0.5, 0.6) is 5.75 Å². The number of anilines is 5. The van der Waals surface area contributed by atoms with E-state index in [2.05, 4.69) is 98.0 Å². The monoisotopic (exact) mass is 771 g/mol. The summed E-state index contributed by atoms with van der Waals surface area (Å²) in [4.78, 5) is 24.6. The second kappa shape index (κ2) is 12.7. The zero-order chi connectivity index (χ0) is 36.5. The van der Waals surface area contributed by atoms with Crippen LogP contribution in [-0.4, -0.2) is 64.0 Å². The fourth-order valence-corrected chi connectivity index (χ4v) is 11.1. The highest BCUT2D eigenvalue weighted by atomic mass is 79.9. The lowest BCUT2D eigenvalue weighted by Crippen LogP contribution is -2.69. The lowest BCUT2D eigenvalue weighted by atomic mass is 9.32. The largest absolute Gasteiger partial charge is 0.494 e. The number of nitrogens with zero attached hydrogens (tertiary/aromatic N) is 7. The van der Waals surface area contributed by atoms with Crippen molar-refractivity contribution in [2.75, 3.05) is 49.1 Å². The molecule has 268 valence electrons. The van der Waals surface area contributed by atoms with Gasteiger partial charge in [-0.2, -0.15) is 9.77 Å². The van der Waals surface area contributed by atoms with E-state index < -0.39 is 7.14 Å². The molecule has 4 aromatic rings. The van der Waals surface area contributed by atoms with Gasteiger partial charge in [-0.3, -0.25) is 9.97 Å². The number of fused-ring (bicyclic) bond motifs is 3. The molecule has 1 saturated heterocycles. The number of nitrogens with one attached hydrogen (secondary N) is 2. The topological polar surface area (TPSA) is 142 Å². The normalized spacial score (nSPS) is 24.5. The Kier molecular flexibility index (Phi) is 8.84. The maximum absolute atomic E-state index is 13.5. The molecule has 3 aliphatic carbocycles. The first kappa shape index (κ1) is 35.5. The van der Waals surface area contributed by atoms with Crippen molar-refractivity contribution in [3.05, 3.63) is 58.4 Å². The molecule has 0 radical (unpaired) electrons. The van der Waals surface area contributed by atoms with Crippen molar-refractivity contribution in [1.29, 1.82) is 0 Å². The number of piperidine rings is 1. The summed E-state index contributed by atoms with van der Waals surface area (Å²) in [6.45, 7) is 17.0. The maximum atomic E-state index is 13.5. The Balaban J connectivity index is 1.10. The third-order valence-corrected chi connectivity index (χ3v) is 14.8. The van der Waals surface area contributed by atoms with Gasteiger partial charge >= 0.3 is 0 Å². The molecule has 3 heterocycles. The standard InChI is InChI=1S/C38H47BrN9O2P/c1-22-17-27(45-35-43-21-24(39)34(46-35)44-26-10-9-25-32(42-14-13-41-25)33(26)51(7,8)49)29(50-6)18-28(22)48-15-11-23(12-16-48)38(5)30-19-37(4,36(30,2)3)20-31(38)47-40/h9-10,13-14,17-18,21,23,30H,11-12,15-16,19-20H2,1-8H3,(H2,43,44,45,46). The van der Waals surface area contributed by atoms with Crippen LogP contribution >= 0.6 is 23.1 Å². The molecule has 4 fully saturated rings. The summed E-state index contributed by atoms with van der Waals surface area (Å²) in [5.41, 5.74) is 16.5. The lowest BCUT2D eigenvalue weighted by Gasteiger charge is -2.69. The van der Waals surface area contributed by atoms with Crippen LogP contribution < -0.4 is 25.6 Å². The van der Waals surface area contributed by atoms with Crippen molar-refractivity contribution in [1.82, 2.24) is 19.9 Å². The van der Waals surface area contributed by atoms with E-state index in [4.69, 9.17) is 9.72 Å². The fourth-order valence-electron chi connectivity index (χ4n) is 9.38. The van der Waals surface area contributed by atoms with Gasteiger partial charge in [0.2, 0.25) is 5.95 Å². The van der Waals surface area contributed by atoms with E-state index in [1.54, 1.807) is 39.0 Å². The van der Waals surface area contributed by atoms with E-state index in [1.807, 2.05) is 12.1 Å². The van der Waals surface area contributed by atoms with E-state index in [9.17, 15) is 10.1 Å². The number of benzene rings is 2. The molecule has 2 aromatic carbocycles. The van der Waals surface area contributed by atoms with Gasteiger partial charge in [0, 0.05) is 43.4 Å². The first-order chi connectivity index (χ1) is 24.1. The Labute approximate surface area is 308 Å². The fraction of sp³-hybridized carbons (Fsp3) is 0.500. The van der Waals surface area contributed by atoms with Gasteiger partial charge < -0.3 is 30.4 Å². The van der Waals surface area contributed by atoms with Crippen LogP contribution in [0, 0.1) is 35.0 Å². The van der Waals surface area contributed by atoms with Crippen LogP contribution in [0.25, 0.3) is 16.6 Å². The number of ether oxygens (including phenoxy) is 1. The molecule has 8 rings (SSSR count). The average molecular weight is 773 g/mol. The minimum absolute atomic E-state index is 0.0856. The van der Waals surface area contributed by atoms with Crippen molar-refractivity contribution >= 4 is 73.9 Å². The van der Waals surface area contributed by atoms with Crippen LogP contribution in [0.1, 0.15) is 58.9 Å². The van der Waals surface area contributed by atoms with Crippen molar-refractivity contribution in [2.24, 2.45) is 28.1 Å². The van der Waals surface area contributed by atoms with Gasteiger partial charge in [-0.15, -0.1) is 0 Å². The van der Waals surface area contributed by atoms with Gasteiger partial charge in [-0.25, -0.2) is 4.98 Å². The van der Waals surface area contributed by atoms with E-state index in [0.717, 1.165) is 55.0 Å². The van der Waals surface area contributed by atoms with Crippen LogP contribution in [0.4, 0.5) is 28.8 Å². The molecule has 2 bridgehead atoms. The number of methoxy groups -OCH3 is 1. The van der Waals surface area contributed by atoms with Crippen LogP contribution in [0.3, 0.4) is 0 Å². The van der Waals surface area contributed by atoms with Crippen molar-refractivity contribution < 1.29 is 14.1 Å². The molecule has 13 heteroatoms. The van der Waals surface area contributed by atoms with E-state index >= 15 is 0 Å². The Morgan fingerprint density at radius 3 is 2.43 bits per heavy atom. The van der Waals surface area contributed by atoms with Crippen molar-refractivity contribution in [2.45, 2.75) is 60.3 Å². The van der Waals surface area contributed by atoms with E-state index in [-0.39, 0.29) is 16.2 Å². The molecule has 1 aliphatic heterocycles. The number of rotatable bonds is 8. The van der Waals surface area contributed by atoms with Gasteiger partial charge in [-0.1, -0.05) is 20.8 Å². The van der Waals surface area contributed by atoms with Crippen LogP contribution in [0.2, 0.25) is 0 Å². The highest BCUT2D eigenvalue weighted by Crippen LogP contribution is 2.73. The molecule has 11 nitrogen and oxygen atoms in total. The van der Waals surface area contributed by atoms with E-state index in [0.29, 0.717) is 55.8 Å². The third-order valence-electron chi connectivity index (χ3n) is 12.7. The smallest absolute Gasteiger partial charge is 0.275 e. The molecular formula is C38H47BrN9O2P. The Bertz CT molecular complexity index is 2140. The summed E-state index contributed by atoms with van der Waals surface area (Å²) in [6.07, 6.45) is 9.09. The third kappa shape index (κ3) is 5.84. The molecule has 3 saturated carbocycles. The molecule has 3 atom stereocenters. The lowest BCUT2D eigenvalue weighted by molar-refractivity contribution is -0.199. The zero-order valence-corrected chi connectivity index (χ0v) is 33.2. The first-order valence-electron chi connectivity index (χ1n) is 17.6. The van der Waals surface area contributed by atoms with Gasteiger partial charge in [0.25, 0.3) is 5.71 Å². The summed E-state index contributed by atoms with van der Waals surface area (Å²) >= 11 is 3.58. The van der Waals surface area contributed by atoms with Crippen LogP contribution in [-0.2, 0) is 4.57 Å². The molecular weight excluding hydrogens is 725 g/mol. The predicted molar refractivity (Wildman–Crippen MR) is 209 cm³/mol. The quantitative estimate of drug-likeness (QED) is 0.102. The highest BCUT2D eigenvalue weighted by Gasteiger charge is 2.72. The second-order valence-electron chi connectivity index (χ2n) is 16.0. The summed E-state index contributed by atoms with van der Waals surface area (Å²) in [5, 5.41) is 7.36. The Morgan fingerprint density at radius 1 is 1.04 bits per heavy atom. The molecule has 0 spiro atoms.